The number of fused-ring (bicyclic) bond motifs is 1. The highest BCUT2D eigenvalue weighted by molar-refractivity contribution is 6.01. The Morgan fingerprint density at radius 3 is 2.46 bits per heavy atom. The third-order valence-electron chi connectivity index (χ3n) is 4.19. The molecule has 0 aliphatic rings. The van der Waals surface area contributed by atoms with E-state index < -0.39 is 0 Å². The summed E-state index contributed by atoms with van der Waals surface area (Å²) in [6.07, 6.45) is 6.15. The molecule has 0 aliphatic carbocycles. The molecule has 0 saturated carbocycles. The maximum absolute atomic E-state index is 13.5. The van der Waals surface area contributed by atoms with Crippen LogP contribution in [0, 0.1) is 5.82 Å². The average molecular weight is 347 g/mol. The normalized spacial score (nSPS) is 11.0. The lowest BCUT2D eigenvalue weighted by Gasteiger charge is -2.13. The molecule has 0 spiro atoms. The van der Waals surface area contributed by atoms with E-state index in [0.29, 0.717) is 6.61 Å². The monoisotopic (exact) mass is 347 g/mol. The smallest absolute Gasteiger partial charge is 0.123 e. The number of aromatic nitrogens is 3. The fourth-order valence-corrected chi connectivity index (χ4v) is 3.07. The first-order valence-electron chi connectivity index (χ1n) is 8.58. The minimum absolute atomic E-state index is 0.266. The van der Waals surface area contributed by atoms with Crippen LogP contribution in [-0.4, -0.2) is 21.3 Å². The molecular formula is C21H18FN3O. The van der Waals surface area contributed by atoms with E-state index in [2.05, 4.69) is 16.9 Å². The van der Waals surface area contributed by atoms with Gasteiger partial charge in [-0.3, -0.25) is 9.97 Å². The van der Waals surface area contributed by atoms with E-state index >= 15 is 0 Å². The van der Waals surface area contributed by atoms with Gasteiger partial charge in [0.1, 0.15) is 23.5 Å². The van der Waals surface area contributed by atoms with Crippen LogP contribution in [0.3, 0.4) is 0 Å². The quantitative estimate of drug-likeness (QED) is 0.523. The van der Waals surface area contributed by atoms with Crippen molar-refractivity contribution >= 4 is 11.0 Å². The molecule has 26 heavy (non-hydrogen) atoms. The van der Waals surface area contributed by atoms with Gasteiger partial charge >= 0.3 is 0 Å². The molecule has 5 heteroatoms. The summed E-state index contributed by atoms with van der Waals surface area (Å²) in [5.74, 6) is -0.266. The van der Waals surface area contributed by atoms with Gasteiger partial charge in [-0.1, -0.05) is 19.1 Å². The molecule has 4 rings (SSSR count). The minimum atomic E-state index is -0.266. The molecule has 0 saturated heterocycles. The Morgan fingerprint density at radius 2 is 1.73 bits per heavy atom. The summed E-state index contributed by atoms with van der Waals surface area (Å²) in [5.41, 5.74) is 5.37. The SMILES string of the molecule is CCCOn1c(-c2ccncc2)c(-c2ccc(F)cc2)c2ncccc21. The van der Waals surface area contributed by atoms with Crippen LogP contribution in [0.2, 0.25) is 0 Å². The highest BCUT2D eigenvalue weighted by atomic mass is 19.1. The third-order valence-corrected chi connectivity index (χ3v) is 4.19. The second kappa shape index (κ2) is 6.96. The van der Waals surface area contributed by atoms with E-state index in [1.807, 2.05) is 29.0 Å². The third kappa shape index (κ3) is 2.81. The number of hydrogen-bond acceptors (Lipinski definition) is 3. The largest absolute Gasteiger partial charge is 0.413 e. The Balaban J connectivity index is 2.06. The fraction of sp³-hybridized carbons (Fsp3) is 0.143. The summed E-state index contributed by atoms with van der Waals surface area (Å²) >= 11 is 0. The summed E-state index contributed by atoms with van der Waals surface area (Å²) in [6, 6.07) is 14.2. The summed E-state index contributed by atoms with van der Waals surface area (Å²) in [5, 5.41) is 0. The standard InChI is InChI=1S/C21H18FN3O/c1-2-14-26-25-18-4-3-11-24-20(18)19(15-5-7-17(22)8-6-15)21(25)16-9-12-23-13-10-16/h3-13H,2,14H2,1H3. The molecule has 0 aliphatic heterocycles. The lowest BCUT2D eigenvalue weighted by Crippen LogP contribution is -2.13. The van der Waals surface area contributed by atoms with Gasteiger partial charge in [0.2, 0.25) is 0 Å². The van der Waals surface area contributed by atoms with Gasteiger partial charge in [0.05, 0.1) is 5.69 Å². The van der Waals surface area contributed by atoms with Gasteiger partial charge in [0.25, 0.3) is 0 Å². The Hall–Kier alpha value is -3.21. The van der Waals surface area contributed by atoms with Gasteiger partial charge in [-0.25, -0.2) is 4.39 Å². The molecule has 4 nitrogen and oxygen atoms in total. The zero-order chi connectivity index (χ0) is 17.9. The van der Waals surface area contributed by atoms with Crippen molar-refractivity contribution in [1.29, 1.82) is 0 Å². The molecule has 0 atom stereocenters. The molecule has 0 bridgehead atoms. The van der Waals surface area contributed by atoms with Crippen molar-refractivity contribution in [3.63, 3.8) is 0 Å². The lowest BCUT2D eigenvalue weighted by molar-refractivity contribution is 0.124. The topological polar surface area (TPSA) is 39.9 Å². The van der Waals surface area contributed by atoms with Crippen molar-refractivity contribution in [3.05, 3.63) is 72.9 Å². The van der Waals surface area contributed by atoms with Crippen LogP contribution < -0.4 is 4.84 Å². The second-order valence-corrected chi connectivity index (χ2v) is 5.97. The molecular weight excluding hydrogens is 329 g/mol. The maximum Gasteiger partial charge on any atom is 0.123 e. The van der Waals surface area contributed by atoms with Crippen molar-refractivity contribution < 1.29 is 9.23 Å². The van der Waals surface area contributed by atoms with E-state index in [0.717, 1.165) is 39.8 Å². The molecule has 3 heterocycles. The van der Waals surface area contributed by atoms with Gasteiger partial charge in [-0.05, 0) is 48.4 Å². The summed E-state index contributed by atoms with van der Waals surface area (Å²) < 4.78 is 15.3. The van der Waals surface area contributed by atoms with Crippen molar-refractivity contribution in [2.24, 2.45) is 0 Å². The number of halogens is 1. The summed E-state index contributed by atoms with van der Waals surface area (Å²) in [7, 11) is 0. The zero-order valence-corrected chi connectivity index (χ0v) is 14.4. The van der Waals surface area contributed by atoms with Crippen LogP contribution in [0.25, 0.3) is 33.4 Å². The van der Waals surface area contributed by atoms with Crippen LogP contribution >= 0.6 is 0 Å². The van der Waals surface area contributed by atoms with Crippen molar-refractivity contribution in [3.8, 4) is 22.4 Å². The fourth-order valence-electron chi connectivity index (χ4n) is 3.07. The minimum Gasteiger partial charge on any atom is -0.413 e. The van der Waals surface area contributed by atoms with E-state index in [4.69, 9.17) is 4.84 Å². The predicted octanol–water partition coefficient (Wildman–Crippen LogP) is 4.74. The molecule has 4 aromatic rings. The highest BCUT2D eigenvalue weighted by Crippen LogP contribution is 2.39. The number of nitrogens with zero attached hydrogens (tertiary/aromatic N) is 3. The average Bonchev–Trinajstić information content (AvgIpc) is 3.02. The van der Waals surface area contributed by atoms with Crippen LogP contribution in [0.4, 0.5) is 4.39 Å². The molecule has 0 unspecified atom stereocenters. The van der Waals surface area contributed by atoms with E-state index in [1.165, 1.54) is 12.1 Å². The molecule has 0 N–H and O–H groups in total. The molecule has 1 aromatic carbocycles. The van der Waals surface area contributed by atoms with Crippen molar-refractivity contribution in [2.75, 3.05) is 6.61 Å². The number of rotatable bonds is 5. The highest BCUT2D eigenvalue weighted by Gasteiger charge is 2.22. The second-order valence-electron chi connectivity index (χ2n) is 5.97. The Kier molecular flexibility index (Phi) is 4.35. The van der Waals surface area contributed by atoms with Gasteiger partial charge in [-0.15, -0.1) is 0 Å². The molecule has 130 valence electrons. The van der Waals surface area contributed by atoms with Crippen molar-refractivity contribution in [2.45, 2.75) is 13.3 Å². The number of benzene rings is 1. The Bertz CT molecular complexity index is 1030. The Morgan fingerprint density at radius 1 is 0.962 bits per heavy atom. The molecule has 0 radical (unpaired) electrons. The van der Waals surface area contributed by atoms with E-state index in [9.17, 15) is 4.39 Å². The van der Waals surface area contributed by atoms with Gasteiger partial charge < -0.3 is 4.84 Å². The van der Waals surface area contributed by atoms with Crippen LogP contribution in [0.1, 0.15) is 13.3 Å². The van der Waals surface area contributed by atoms with Gasteiger partial charge in [0.15, 0.2) is 0 Å². The maximum atomic E-state index is 13.5. The zero-order valence-electron chi connectivity index (χ0n) is 14.4. The van der Waals surface area contributed by atoms with Crippen molar-refractivity contribution in [1.82, 2.24) is 14.7 Å². The predicted molar refractivity (Wildman–Crippen MR) is 100 cm³/mol. The lowest BCUT2D eigenvalue weighted by atomic mass is 10.0. The van der Waals surface area contributed by atoms with Gasteiger partial charge in [0, 0.05) is 29.7 Å². The first-order chi connectivity index (χ1) is 12.8. The molecule has 0 fully saturated rings. The first-order valence-corrected chi connectivity index (χ1v) is 8.58. The summed E-state index contributed by atoms with van der Waals surface area (Å²) in [6.45, 7) is 2.65. The van der Waals surface area contributed by atoms with Crippen LogP contribution in [-0.2, 0) is 0 Å². The molecule has 3 aromatic heterocycles. The van der Waals surface area contributed by atoms with E-state index in [1.54, 1.807) is 30.7 Å². The van der Waals surface area contributed by atoms with Crippen LogP contribution in [0.5, 0.6) is 0 Å². The summed E-state index contributed by atoms with van der Waals surface area (Å²) in [4.78, 5) is 14.8. The van der Waals surface area contributed by atoms with E-state index in [-0.39, 0.29) is 5.82 Å². The number of pyridine rings is 2. The van der Waals surface area contributed by atoms with Gasteiger partial charge in [-0.2, -0.15) is 4.73 Å². The van der Waals surface area contributed by atoms with Crippen LogP contribution in [0.15, 0.2) is 67.1 Å². The first kappa shape index (κ1) is 16.3. The number of hydrogen-bond donors (Lipinski definition) is 0. The Labute approximate surface area is 150 Å². The molecule has 0 amide bonds.